The molecule has 0 amide bonds. The third kappa shape index (κ3) is 4.44. The minimum absolute atomic E-state index is 0.181. The van der Waals surface area contributed by atoms with Crippen LogP contribution in [0.2, 0.25) is 0 Å². The second kappa shape index (κ2) is 7.89. The lowest BCUT2D eigenvalue weighted by atomic mass is 9.83. The molecule has 31 heavy (non-hydrogen) atoms. The Kier molecular flexibility index (Phi) is 5.53. The highest BCUT2D eigenvalue weighted by Gasteiger charge is 2.51. The summed E-state index contributed by atoms with van der Waals surface area (Å²) < 4.78 is 84.9. The predicted molar refractivity (Wildman–Crippen MR) is 98.0 cm³/mol. The third-order valence-electron chi connectivity index (χ3n) is 5.69. The van der Waals surface area contributed by atoms with Crippen LogP contribution in [-0.4, -0.2) is 21.8 Å². The molecule has 0 aliphatic carbocycles. The molecule has 2 bridgehead atoms. The van der Waals surface area contributed by atoms with Gasteiger partial charge in [0.1, 0.15) is 11.3 Å². The topological polar surface area (TPSA) is 34.6 Å². The van der Waals surface area contributed by atoms with Crippen molar-refractivity contribution in [2.75, 3.05) is 0 Å². The minimum atomic E-state index is -4.64. The molecule has 0 unspecified atom stereocenters. The zero-order chi connectivity index (χ0) is 22.3. The van der Waals surface area contributed by atoms with E-state index in [1.165, 1.54) is 29.5 Å². The van der Waals surface area contributed by atoms with Crippen LogP contribution in [0.5, 0.6) is 11.6 Å². The molecule has 0 saturated carbocycles. The Morgan fingerprint density at radius 2 is 1.55 bits per heavy atom. The average molecular weight is 446 g/mol. The van der Waals surface area contributed by atoms with E-state index in [1.54, 1.807) is 0 Å². The summed E-state index contributed by atoms with van der Waals surface area (Å²) in [4.78, 5) is 9.51. The number of alkyl halides is 6. The maximum atomic E-state index is 13.4. The molecule has 10 heteroatoms. The van der Waals surface area contributed by atoms with Gasteiger partial charge in [-0.3, -0.25) is 0 Å². The Bertz CT molecular complexity index is 903. The highest BCUT2D eigenvalue weighted by atomic mass is 19.4. The van der Waals surface area contributed by atoms with Crippen LogP contribution < -0.4 is 9.57 Å². The normalized spacial score (nSPS) is 24.6. The van der Waals surface area contributed by atoms with Gasteiger partial charge in [0.15, 0.2) is 5.72 Å². The van der Waals surface area contributed by atoms with E-state index in [0.717, 1.165) is 31.0 Å². The highest BCUT2D eigenvalue weighted by molar-refractivity contribution is 5.30. The first-order valence-electron chi connectivity index (χ1n) is 9.94. The van der Waals surface area contributed by atoms with E-state index in [9.17, 15) is 26.3 Å². The molecule has 1 aromatic heterocycles. The smallest absolute Gasteiger partial charge is 0.421 e. The van der Waals surface area contributed by atoms with Crippen molar-refractivity contribution in [3.8, 4) is 11.6 Å². The maximum absolute atomic E-state index is 13.4. The number of ether oxygens (including phenoxy) is 1. The van der Waals surface area contributed by atoms with Gasteiger partial charge >= 0.3 is 12.4 Å². The number of benzene rings is 1. The number of piperidine rings is 2. The molecule has 0 N–H and O–H groups in total. The monoisotopic (exact) mass is 446 g/mol. The summed E-state index contributed by atoms with van der Waals surface area (Å²) in [5.41, 5.74) is -2.89. The first kappa shape index (κ1) is 21.7. The number of hydrogen-bond acceptors (Lipinski definition) is 4. The van der Waals surface area contributed by atoms with E-state index in [1.807, 2.05) is 0 Å². The molecule has 0 atom stereocenters. The molecule has 3 heterocycles. The first-order chi connectivity index (χ1) is 14.6. The van der Waals surface area contributed by atoms with Crippen molar-refractivity contribution in [1.29, 1.82) is 0 Å². The Morgan fingerprint density at radius 3 is 2.13 bits per heavy atom. The standard InChI is InChI=1S/C21H20F6N2O2/c22-20(23,24)14-7-9-16(10-8-14)30-19-11-1-4-15(5-2-12-19)29(19)31-18-17(21(25,26)27)6-3-13-28-18/h3,6-10,13,15H,1-2,4-5,11-12H2. The summed E-state index contributed by atoms with van der Waals surface area (Å²) in [6.45, 7) is 0. The third-order valence-corrected chi connectivity index (χ3v) is 5.69. The summed E-state index contributed by atoms with van der Waals surface area (Å²) in [7, 11) is 0. The van der Waals surface area contributed by atoms with Crippen molar-refractivity contribution < 1.29 is 35.9 Å². The molecule has 2 aliphatic heterocycles. The van der Waals surface area contributed by atoms with Crippen LogP contribution in [0, 0.1) is 0 Å². The molecule has 168 valence electrons. The van der Waals surface area contributed by atoms with E-state index in [4.69, 9.17) is 9.57 Å². The number of hydrogen-bond donors (Lipinski definition) is 0. The number of hydroxylamine groups is 2. The van der Waals surface area contributed by atoms with Gasteiger partial charge in [0.25, 0.3) is 5.88 Å². The molecular formula is C21H20F6N2O2. The summed E-state index contributed by atoms with van der Waals surface area (Å²) >= 11 is 0. The van der Waals surface area contributed by atoms with E-state index in [0.29, 0.717) is 25.7 Å². The summed E-state index contributed by atoms with van der Waals surface area (Å²) in [5.74, 6) is -0.370. The molecule has 2 fully saturated rings. The van der Waals surface area contributed by atoms with Crippen LogP contribution in [-0.2, 0) is 12.4 Å². The number of pyridine rings is 1. The van der Waals surface area contributed by atoms with Gasteiger partial charge in [0.2, 0.25) is 0 Å². The van der Waals surface area contributed by atoms with E-state index < -0.39 is 35.1 Å². The molecule has 0 spiro atoms. The second-order valence-corrected chi connectivity index (χ2v) is 7.78. The molecular weight excluding hydrogens is 426 g/mol. The quantitative estimate of drug-likeness (QED) is 0.522. The fourth-order valence-corrected chi connectivity index (χ4v) is 4.29. The predicted octanol–water partition coefficient (Wildman–Crippen LogP) is 6.23. The Balaban J connectivity index is 1.64. The first-order valence-corrected chi connectivity index (χ1v) is 9.94. The van der Waals surface area contributed by atoms with Crippen molar-refractivity contribution in [3.05, 3.63) is 53.7 Å². The lowest BCUT2D eigenvalue weighted by Crippen LogP contribution is -2.63. The fraction of sp³-hybridized carbons (Fsp3) is 0.476. The number of aromatic nitrogens is 1. The van der Waals surface area contributed by atoms with Gasteiger partial charge in [-0.05, 0) is 62.1 Å². The summed E-state index contributed by atoms with van der Waals surface area (Å²) in [6, 6.07) is 6.17. The molecule has 2 saturated heterocycles. The zero-order valence-corrected chi connectivity index (χ0v) is 16.3. The van der Waals surface area contributed by atoms with Crippen LogP contribution in [0.4, 0.5) is 26.3 Å². The molecule has 4 nitrogen and oxygen atoms in total. The maximum Gasteiger partial charge on any atom is 0.421 e. The van der Waals surface area contributed by atoms with Gasteiger partial charge in [0, 0.05) is 19.0 Å². The van der Waals surface area contributed by atoms with Crippen LogP contribution in [0.25, 0.3) is 0 Å². The van der Waals surface area contributed by atoms with Gasteiger partial charge in [-0.15, -0.1) is 0 Å². The Labute approximate surface area is 174 Å². The van der Waals surface area contributed by atoms with E-state index in [-0.39, 0.29) is 11.8 Å². The van der Waals surface area contributed by atoms with Crippen LogP contribution >= 0.6 is 0 Å². The van der Waals surface area contributed by atoms with Crippen molar-refractivity contribution >= 4 is 0 Å². The number of rotatable bonds is 4. The zero-order valence-electron chi connectivity index (χ0n) is 16.3. The van der Waals surface area contributed by atoms with Crippen molar-refractivity contribution in [2.45, 2.75) is 62.6 Å². The van der Waals surface area contributed by atoms with Gasteiger partial charge < -0.3 is 9.57 Å². The lowest BCUT2D eigenvalue weighted by Gasteiger charge is -2.52. The molecule has 2 aromatic rings. The summed E-state index contributed by atoms with van der Waals surface area (Å²) in [5, 5.41) is 1.44. The van der Waals surface area contributed by atoms with Gasteiger partial charge in [0.05, 0.1) is 11.6 Å². The van der Waals surface area contributed by atoms with Gasteiger partial charge in [-0.2, -0.15) is 26.3 Å². The Hall–Kier alpha value is -2.49. The van der Waals surface area contributed by atoms with Gasteiger partial charge in [-0.25, -0.2) is 4.98 Å². The van der Waals surface area contributed by atoms with Crippen LogP contribution in [0.1, 0.15) is 49.7 Å². The molecule has 2 aliphatic rings. The number of fused-ring (bicyclic) bond motifs is 2. The van der Waals surface area contributed by atoms with Crippen molar-refractivity contribution in [3.63, 3.8) is 0 Å². The SMILES string of the molecule is FC(F)(F)c1ccc(OC23CCCC(CCC2)N3Oc2ncccc2C(F)(F)F)cc1. The lowest BCUT2D eigenvalue weighted by molar-refractivity contribution is -0.289. The molecule has 1 aromatic carbocycles. The minimum Gasteiger partial charge on any atom is -0.470 e. The van der Waals surface area contributed by atoms with Crippen molar-refractivity contribution in [1.82, 2.24) is 10.0 Å². The highest BCUT2D eigenvalue weighted by Crippen LogP contribution is 2.45. The van der Waals surface area contributed by atoms with E-state index in [2.05, 4.69) is 4.98 Å². The fourth-order valence-electron chi connectivity index (χ4n) is 4.29. The molecule has 0 radical (unpaired) electrons. The van der Waals surface area contributed by atoms with Crippen LogP contribution in [0.15, 0.2) is 42.6 Å². The number of halogens is 6. The number of nitrogens with zero attached hydrogens (tertiary/aromatic N) is 2. The van der Waals surface area contributed by atoms with E-state index >= 15 is 0 Å². The van der Waals surface area contributed by atoms with Crippen LogP contribution in [0.3, 0.4) is 0 Å². The Morgan fingerprint density at radius 1 is 0.903 bits per heavy atom. The largest absolute Gasteiger partial charge is 0.470 e. The van der Waals surface area contributed by atoms with Crippen molar-refractivity contribution in [2.24, 2.45) is 0 Å². The summed E-state index contributed by atoms with van der Waals surface area (Å²) in [6.07, 6.45) is -4.00. The van der Waals surface area contributed by atoms with Gasteiger partial charge in [-0.1, -0.05) is 5.06 Å². The second-order valence-electron chi connectivity index (χ2n) is 7.78. The average Bonchev–Trinajstić information content (AvgIpc) is 2.68. The molecule has 4 rings (SSSR count).